The average molecular weight is 243 g/mol. The molecule has 0 radical (unpaired) electrons. The first kappa shape index (κ1) is 16.4. The lowest BCUT2D eigenvalue weighted by molar-refractivity contribution is -0.123. The molecule has 0 aromatic heterocycles. The van der Waals surface area contributed by atoms with Gasteiger partial charge in [-0.15, -0.1) is 0 Å². The Morgan fingerprint density at radius 3 is 2.47 bits per heavy atom. The predicted octanol–water partition coefficient (Wildman–Crippen LogP) is 3.28. The fraction of sp³-hybridized carbons (Fsp3) is 0.929. The highest BCUT2D eigenvalue weighted by atomic mass is 16.5. The van der Waals surface area contributed by atoms with Crippen LogP contribution in [0.4, 0.5) is 0 Å². The highest BCUT2D eigenvalue weighted by Crippen LogP contribution is 2.05. The van der Waals surface area contributed by atoms with E-state index in [1.54, 1.807) is 0 Å². The quantitative estimate of drug-likeness (QED) is 0.598. The number of nitrogens with one attached hydrogen (secondary N) is 1. The van der Waals surface area contributed by atoms with Crippen LogP contribution in [-0.4, -0.2) is 24.7 Å². The van der Waals surface area contributed by atoms with Gasteiger partial charge in [0.05, 0.1) is 12.7 Å². The molecule has 17 heavy (non-hydrogen) atoms. The Morgan fingerprint density at radius 2 is 1.88 bits per heavy atom. The lowest BCUT2D eigenvalue weighted by Crippen LogP contribution is -2.33. The SMILES string of the molecule is CCCCCCC(C)NC(=O)CCOC(C)C. The molecule has 0 aliphatic rings. The minimum Gasteiger partial charge on any atom is -0.378 e. The molecule has 0 aliphatic carbocycles. The summed E-state index contributed by atoms with van der Waals surface area (Å²) in [6.07, 6.45) is 6.78. The van der Waals surface area contributed by atoms with Crippen LogP contribution in [0.3, 0.4) is 0 Å². The van der Waals surface area contributed by atoms with Crippen LogP contribution in [0.2, 0.25) is 0 Å². The number of carbonyl (C=O) groups is 1. The van der Waals surface area contributed by atoms with Crippen molar-refractivity contribution in [3.63, 3.8) is 0 Å². The van der Waals surface area contributed by atoms with Crippen molar-refractivity contribution in [2.45, 2.75) is 78.4 Å². The van der Waals surface area contributed by atoms with Crippen LogP contribution in [0.25, 0.3) is 0 Å². The van der Waals surface area contributed by atoms with Gasteiger partial charge >= 0.3 is 0 Å². The minimum absolute atomic E-state index is 0.105. The van der Waals surface area contributed by atoms with E-state index in [0.717, 1.165) is 6.42 Å². The third kappa shape index (κ3) is 11.7. The molecule has 0 aliphatic heterocycles. The fourth-order valence-corrected chi connectivity index (χ4v) is 1.68. The molecule has 0 aromatic rings. The first-order valence-electron chi connectivity index (χ1n) is 6.97. The van der Waals surface area contributed by atoms with Crippen molar-refractivity contribution in [2.24, 2.45) is 0 Å². The van der Waals surface area contributed by atoms with Gasteiger partial charge in [-0.2, -0.15) is 0 Å². The molecule has 0 spiro atoms. The van der Waals surface area contributed by atoms with Crippen LogP contribution >= 0.6 is 0 Å². The lowest BCUT2D eigenvalue weighted by atomic mass is 10.1. The molecule has 3 nitrogen and oxygen atoms in total. The molecule has 0 bridgehead atoms. The van der Waals surface area contributed by atoms with Gasteiger partial charge in [0.15, 0.2) is 0 Å². The molecule has 3 heteroatoms. The van der Waals surface area contributed by atoms with Crippen molar-refractivity contribution < 1.29 is 9.53 Å². The Balaban J connectivity index is 3.45. The van der Waals surface area contributed by atoms with E-state index in [1.807, 2.05) is 13.8 Å². The Bertz CT molecular complexity index is 193. The third-order valence-corrected chi connectivity index (χ3v) is 2.68. The van der Waals surface area contributed by atoms with Gasteiger partial charge in [0.1, 0.15) is 0 Å². The summed E-state index contributed by atoms with van der Waals surface area (Å²) in [6.45, 7) is 8.77. The van der Waals surface area contributed by atoms with Crippen molar-refractivity contribution >= 4 is 5.91 Å². The number of rotatable bonds is 10. The first-order valence-corrected chi connectivity index (χ1v) is 6.97. The number of hydrogen-bond donors (Lipinski definition) is 1. The molecule has 1 N–H and O–H groups in total. The molecule has 0 aromatic carbocycles. The largest absolute Gasteiger partial charge is 0.378 e. The van der Waals surface area contributed by atoms with Gasteiger partial charge in [-0.05, 0) is 27.2 Å². The summed E-state index contributed by atoms with van der Waals surface area (Å²) in [7, 11) is 0. The zero-order valence-electron chi connectivity index (χ0n) is 11.9. The predicted molar refractivity (Wildman–Crippen MR) is 72.1 cm³/mol. The second-order valence-corrected chi connectivity index (χ2v) is 4.99. The van der Waals surface area contributed by atoms with E-state index in [-0.39, 0.29) is 12.0 Å². The van der Waals surface area contributed by atoms with Crippen molar-refractivity contribution in [3.8, 4) is 0 Å². The number of amides is 1. The van der Waals surface area contributed by atoms with E-state index in [0.29, 0.717) is 19.1 Å². The van der Waals surface area contributed by atoms with Gasteiger partial charge in [-0.3, -0.25) is 4.79 Å². The number of hydrogen-bond acceptors (Lipinski definition) is 2. The topological polar surface area (TPSA) is 38.3 Å². The molecule has 0 rings (SSSR count). The summed E-state index contributed by atoms with van der Waals surface area (Å²) in [5, 5.41) is 3.01. The van der Waals surface area contributed by atoms with Crippen LogP contribution in [0.5, 0.6) is 0 Å². The van der Waals surface area contributed by atoms with Gasteiger partial charge in [-0.25, -0.2) is 0 Å². The molecule has 1 unspecified atom stereocenters. The Kier molecular flexibility index (Phi) is 10.2. The van der Waals surface area contributed by atoms with Gasteiger partial charge in [0.25, 0.3) is 0 Å². The molecule has 0 saturated heterocycles. The second-order valence-electron chi connectivity index (χ2n) is 4.99. The maximum absolute atomic E-state index is 11.5. The van der Waals surface area contributed by atoms with E-state index in [2.05, 4.69) is 19.2 Å². The van der Waals surface area contributed by atoms with E-state index in [1.165, 1.54) is 25.7 Å². The average Bonchev–Trinajstić information content (AvgIpc) is 2.23. The monoisotopic (exact) mass is 243 g/mol. The van der Waals surface area contributed by atoms with E-state index in [4.69, 9.17) is 4.74 Å². The van der Waals surface area contributed by atoms with E-state index in [9.17, 15) is 4.79 Å². The molecule has 1 atom stereocenters. The summed E-state index contributed by atoms with van der Waals surface area (Å²) in [5.74, 6) is 0.105. The molecule has 0 saturated carbocycles. The molecule has 0 fully saturated rings. The van der Waals surface area contributed by atoms with E-state index < -0.39 is 0 Å². The number of ether oxygens (including phenoxy) is 1. The van der Waals surface area contributed by atoms with Crippen LogP contribution in [0.15, 0.2) is 0 Å². The summed E-state index contributed by atoms with van der Waals surface area (Å²) < 4.78 is 5.35. The zero-order chi connectivity index (χ0) is 13.1. The van der Waals surface area contributed by atoms with Crippen molar-refractivity contribution in [1.82, 2.24) is 5.32 Å². The van der Waals surface area contributed by atoms with Gasteiger partial charge < -0.3 is 10.1 Å². The lowest BCUT2D eigenvalue weighted by Gasteiger charge is -2.14. The zero-order valence-corrected chi connectivity index (χ0v) is 11.9. The Morgan fingerprint density at radius 1 is 1.18 bits per heavy atom. The highest BCUT2D eigenvalue weighted by molar-refractivity contribution is 5.76. The number of unbranched alkanes of at least 4 members (excludes halogenated alkanes) is 3. The van der Waals surface area contributed by atoms with Gasteiger partial charge in [0, 0.05) is 12.5 Å². The summed E-state index contributed by atoms with van der Waals surface area (Å²) in [6, 6.07) is 0.290. The highest BCUT2D eigenvalue weighted by Gasteiger charge is 2.07. The first-order chi connectivity index (χ1) is 8.06. The summed E-state index contributed by atoms with van der Waals surface area (Å²) in [4.78, 5) is 11.5. The van der Waals surface area contributed by atoms with Gasteiger partial charge in [0.2, 0.25) is 5.91 Å². The number of carbonyl (C=O) groups excluding carboxylic acids is 1. The van der Waals surface area contributed by atoms with Crippen molar-refractivity contribution in [3.05, 3.63) is 0 Å². The van der Waals surface area contributed by atoms with Crippen LogP contribution in [0.1, 0.15) is 66.2 Å². The molecule has 0 heterocycles. The standard InChI is InChI=1S/C14H29NO2/c1-5-6-7-8-9-13(4)15-14(16)10-11-17-12(2)3/h12-13H,5-11H2,1-4H3,(H,15,16). The normalized spacial score (nSPS) is 12.8. The van der Waals surface area contributed by atoms with Crippen LogP contribution in [-0.2, 0) is 9.53 Å². The molecular weight excluding hydrogens is 214 g/mol. The van der Waals surface area contributed by atoms with Crippen molar-refractivity contribution in [1.29, 1.82) is 0 Å². The fourth-order valence-electron chi connectivity index (χ4n) is 1.68. The summed E-state index contributed by atoms with van der Waals surface area (Å²) in [5.41, 5.74) is 0. The van der Waals surface area contributed by atoms with Crippen LogP contribution < -0.4 is 5.32 Å². The van der Waals surface area contributed by atoms with Crippen LogP contribution in [0, 0.1) is 0 Å². The Labute approximate surface area is 106 Å². The summed E-state index contributed by atoms with van der Waals surface area (Å²) >= 11 is 0. The second kappa shape index (κ2) is 10.6. The molecule has 1 amide bonds. The molecular formula is C14H29NO2. The van der Waals surface area contributed by atoms with Gasteiger partial charge in [-0.1, -0.05) is 32.6 Å². The Hall–Kier alpha value is -0.570. The third-order valence-electron chi connectivity index (χ3n) is 2.68. The maximum Gasteiger partial charge on any atom is 0.222 e. The molecule has 102 valence electrons. The smallest absolute Gasteiger partial charge is 0.222 e. The maximum atomic E-state index is 11.5. The van der Waals surface area contributed by atoms with Crippen molar-refractivity contribution in [2.75, 3.05) is 6.61 Å². The minimum atomic E-state index is 0.105. The van der Waals surface area contributed by atoms with E-state index >= 15 is 0 Å².